The van der Waals surface area contributed by atoms with E-state index in [9.17, 15) is 14.7 Å². The number of aromatic nitrogens is 4. The molecular weight excluding hydrogens is 274 g/mol. The monoisotopic (exact) mass is 289 g/mol. The number of carbonyl (C=O) groups excluding carboxylic acids is 1. The van der Waals surface area contributed by atoms with E-state index < -0.39 is 5.97 Å². The summed E-state index contributed by atoms with van der Waals surface area (Å²) in [6, 6.07) is 3.30. The second-order valence-corrected chi connectivity index (χ2v) is 4.39. The topological polar surface area (TPSA) is 101 Å². The van der Waals surface area contributed by atoms with Crippen LogP contribution in [0, 0.1) is 0 Å². The number of hydrogen-bond acceptors (Lipinski definition) is 5. The summed E-state index contributed by atoms with van der Waals surface area (Å²) < 4.78 is 1.30. The van der Waals surface area contributed by atoms with Gasteiger partial charge < -0.3 is 10.0 Å². The summed E-state index contributed by atoms with van der Waals surface area (Å²) in [5.74, 6) is -1.36. The van der Waals surface area contributed by atoms with Gasteiger partial charge in [-0.15, -0.1) is 5.10 Å². The molecule has 1 amide bonds. The van der Waals surface area contributed by atoms with E-state index in [1.165, 1.54) is 22.0 Å². The molecule has 0 spiro atoms. The highest BCUT2D eigenvalue weighted by atomic mass is 16.4. The number of rotatable bonds is 5. The number of carbonyl (C=O) groups is 2. The van der Waals surface area contributed by atoms with E-state index in [2.05, 4.69) is 15.3 Å². The predicted octanol–water partition coefficient (Wildman–Crippen LogP) is 0.517. The van der Waals surface area contributed by atoms with Crippen LogP contribution in [-0.4, -0.2) is 55.5 Å². The lowest BCUT2D eigenvalue weighted by Gasteiger charge is -2.15. The van der Waals surface area contributed by atoms with Crippen molar-refractivity contribution in [2.24, 2.45) is 0 Å². The number of amides is 1. The average Bonchev–Trinajstić information content (AvgIpc) is 2.91. The Labute approximate surface area is 121 Å². The minimum absolute atomic E-state index is 0.0672. The van der Waals surface area contributed by atoms with Crippen LogP contribution in [0.1, 0.15) is 17.4 Å². The lowest BCUT2D eigenvalue weighted by Crippen LogP contribution is -2.30. The summed E-state index contributed by atoms with van der Waals surface area (Å²) in [6.45, 7) is 2.35. The Balaban J connectivity index is 2.43. The molecule has 21 heavy (non-hydrogen) atoms. The van der Waals surface area contributed by atoms with Gasteiger partial charge in [-0.3, -0.25) is 9.78 Å². The maximum absolute atomic E-state index is 12.0. The zero-order valence-corrected chi connectivity index (χ0v) is 11.7. The third-order valence-electron chi connectivity index (χ3n) is 3.08. The lowest BCUT2D eigenvalue weighted by atomic mass is 10.1. The normalized spacial score (nSPS) is 10.4. The van der Waals surface area contributed by atoms with Gasteiger partial charge in [0.1, 0.15) is 12.2 Å². The number of carboxylic acids is 1. The van der Waals surface area contributed by atoms with Gasteiger partial charge in [0.2, 0.25) is 5.91 Å². The maximum Gasteiger partial charge on any atom is 0.358 e. The highest BCUT2D eigenvalue weighted by Crippen LogP contribution is 2.21. The van der Waals surface area contributed by atoms with Crippen LogP contribution in [0.5, 0.6) is 0 Å². The van der Waals surface area contributed by atoms with E-state index in [1.54, 1.807) is 19.2 Å². The van der Waals surface area contributed by atoms with Gasteiger partial charge in [0.15, 0.2) is 5.69 Å². The Morgan fingerprint density at radius 2 is 2.00 bits per heavy atom. The predicted molar refractivity (Wildman–Crippen MR) is 73.5 cm³/mol. The molecule has 0 aliphatic carbocycles. The third-order valence-corrected chi connectivity index (χ3v) is 3.08. The van der Waals surface area contributed by atoms with Gasteiger partial charge in [-0.25, -0.2) is 9.48 Å². The van der Waals surface area contributed by atoms with Crippen LogP contribution in [0.4, 0.5) is 0 Å². The molecule has 2 rings (SSSR count). The molecule has 8 heteroatoms. The molecule has 2 heterocycles. The lowest BCUT2D eigenvalue weighted by molar-refractivity contribution is -0.130. The molecule has 1 N–H and O–H groups in total. The summed E-state index contributed by atoms with van der Waals surface area (Å²) >= 11 is 0. The number of nitrogens with zero attached hydrogens (tertiary/aromatic N) is 5. The van der Waals surface area contributed by atoms with Crippen LogP contribution in [-0.2, 0) is 11.3 Å². The molecular formula is C13H15N5O3. The maximum atomic E-state index is 12.0. The minimum Gasteiger partial charge on any atom is -0.476 e. The van der Waals surface area contributed by atoms with E-state index in [-0.39, 0.29) is 18.1 Å². The molecule has 0 atom stereocenters. The Hall–Kier alpha value is -2.77. The van der Waals surface area contributed by atoms with E-state index in [1.807, 2.05) is 6.92 Å². The first kappa shape index (κ1) is 14.6. The standard InChI is InChI=1S/C13H15N5O3/c1-3-17(2)10(19)8-18-12(9-4-6-14-7-5-9)11(13(20)21)15-16-18/h4-7H,3,8H2,1-2H3,(H,20,21). The summed E-state index contributed by atoms with van der Waals surface area (Å²) in [4.78, 5) is 28.7. The van der Waals surface area contributed by atoms with Crippen LogP contribution in [0.3, 0.4) is 0 Å². The SMILES string of the molecule is CCN(C)C(=O)Cn1nnc(C(=O)O)c1-c1ccncc1. The van der Waals surface area contributed by atoms with Crippen molar-refractivity contribution in [2.75, 3.05) is 13.6 Å². The molecule has 0 saturated carbocycles. The van der Waals surface area contributed by atoms with Gasteiger partial charge in [0.05, 0.1) is 0 Å². The molecule has 0 saturated heterocycles. The Morgan fingerprint density at radius 3 is 2.57 bits per heavy atom. The molecule has 0 bridgehead atoms. The average molecular weight is 289 g/mol. The smallest absolute Gasteiger partial charge is 0.358 e. The molecule has 0 radical (unpaired) electrons. The highest BCUT2D eigenvalue weighted by molar-refractivity contribution is 5.93. The Kier molecular flexibility index (Phi) is 4.27. The van der Waals surface area contributed by atoms with Gasteiger partial charge in [0.25, 0.3) is 0 Å². The fraction of sp³-hybridized carbons (Fsp3) is 0.308. The summed E-state index contributed by atoms with van der Waals surface area (Å²) in [5, 5.41) is 16.6. The van der Waals surface area contributed by atoms with Gasteiger partial charge in [-0.05, 0) is 19.1 Å². The third kappa shape index (κ3) is 3.04. The van der Waals surface area contributed by atoms with Crippen LogP contribution < -0.4 is 0 Å². The molecule has 0 aliphatic rings. The first-order valence-electron chi connectivity index (χ1n) is 6.35. The van der Waals surface area contributed by atoms with Gasteiger partial charge in [0, 0.05) is 31.5 Å². The van der Waals surface area contributed by atoms with E-state index in [4.69, 9.17) is 0 Å². The zero-order chi connectivity index (χ0) is 15.4. The van der Waals surface area contributed by atoms with Crippen molar-refractivity contribution in [3.05, 3.63) is 30.2 Å². The highest BCUT2D eigenvalue weighted by Gasteiger charge is 2.22. The molecule has 0 fully saturated rings. The van der Waals surface area contributed by atoms with E-state index in [0.717, 1.165) is 0 Å². The van der Waals surface area contributed by atoms with Crippen molar-refractivity contribution >= 4 is 11.9 Å². The molecule has 0 unspecified atom stereocenters. The second kappa shape index (κ2) is 6.12. The Morgan fingerprint density at radius 1 is 1.33 bits per heavy atom. The van der Waals surface area contributed by atoms with Gasteiger partial charge in [-0.1, -0.05) is 5.21 Å². The molecule has 110 valence electrons. The fourth-order valence-electron chi connectivity index (χ4n) is 1.79. The molecule has 0 aromatic carbocycles. The molecule has 2 aromatic heterocycles. The summed E-state index contributed by atoms with van der Waals surface area (Å²) in [7, 11) is 1.67. The minimum atomic E-state index is -1.19. The van der Waals surface area contributed by atoms with Crippen molar-refractivity contribution in [3.8, 4) is 11.3 Å². The van der Waals surface area contributed by atoms with Crippen molar-refractivity contribution in [1.29, 1.82) is 0 Å². The van der Waals surface area contributed by atoms with Crippen LogP contribution in [0.2, 0.25) is 0 Å². The molecule has 8 nitrogen and oxygen atoms in total. The first-order valence-corrected chi connectivity index (χ1v) is 6.35. The largest absolute Gasteiger partial charge is 0.476 e. The van der Waals surface area contributed by atoms with Crippen LogP contribution in [0.15, 0.2) is 24.5 Å². The van der Waals surface area contributed by atoms with Crippen LogP contribution >= 0.6 is 0 Å². The number of carboxylic acid groups (broad SMARTS) is 1. The van der Waals surface area contributed by atoms with Crippen LogP contribution in [0.25, 0.3) is 11.3 Å². The number of pyridine rings is 1. The van der Waals surface area contributed by atoms with Gasteiger partial charge >= 0.3 is 5.97 Å². The molecule has 0 aliphatic heterocycles. The first-order chi connectivity index (χ1) is 10.0. The summed E-state index contributed by atoms with van der Waals surface area (Å²) in [6.07, 6.45) is 3.08. The van der Waals surface area contributed by atoms with E-state index >= 15 is 0 Å². The van der Waals surface area contributed by atoms with Crippen molar-refractivity contribution < 1.29 is 14.7 Å². The second-order valence-electron chi connectivity index (χ2n) is 4.39. The number of hydrogen-bond donors (Lipinski definition) is 1. The Bertz CT molecular complexity index is 653. The van der Waals surface area contributed by atoms with Crippen molar-refractivity contribution in [2.45, 2.75) is 13.5 Å². The van der Waals surface area contributed by atoms with Gasteiger partial charge in [-0.2, -0.15) is 0 Å². The quantitative estimate of drug-likeness (QED) is 0.861. The molecule has 2 aromatic rings. The zero-order valence-electron chi connectivity index (χ0n) is 11.7. The number of likely N-dealkylation sites (N-methyl/N-ethyl adjacent to an activating group) is 1. The number of aromatic carboxylic acids is 1. The summed E-state index contributed by atoms with van der Waals surface area (Å²) in [5.41, 5.74) is 0.704. The van der Waals surface area contributed by atoms with E-state index in [0.29, 0.717) is 17.8 Å². The fourth-order valence-corrected chi connectivity index (χ4v) is 1.79. The van der Waals surface area contributed by atoms with Crippen molar-refractivity contribution in [1.82, 2.24) is 24.9 Å². The van der Waals surface area contributed by atoms with Crippen molar-refractivity contribution in [3.63, 3.8) is 0 Å².